The molecule has 1 aromatic carbocycles. The van der Waals surface area contributed by atoms with Crippen molar-refractivity contribution in [1.29, 1.82) is 0 Å². The van der Waals surface area contributed by atoms with Gasteiger partial charge in [0.15, 0.2) is 0 Å². The van der Waals surface area contributed by atoms with Crippen molar-refractivity contribution in [1.82, 2.24) is 14.5 Å². The van der Waals surface area contributed by atoms with E-state index in [-0.39, 0.29) is 16.3 Å². The highest BCUT2D eigenvalue weighted by Gasteiger charge is 2.36. The Morgan fingerprint density at radius 3 is 2.38 bits per heavy atom. The summed E-state index contributed by atoms with van der Waals surface area (Å²) in [6.45, 7) is 3.38. The van der Waals surface area contributed by atoms with Gasteiger partial charge in [-0.15, -0.1) is 0 Å². The summed E-state index contributed by atoms with van der Waals surface area (Å²) in [6.07, 6.45) is 5.45. The third-order valence-corrected chi connectivity index (χ3v) is 6.86. The van der Waals surface area contributed by atoms with E-state index in [1.165, 1.54) is 23.5 Å². The van der Waals surface area contributed by atoms with Crippen LogP contribution in [-0.2, 0) is 10.0 Å². The van der Waals surface area contributed by atoms with Gasteiger partial charge in [0.2, 0.25) is 10.0 Å². The highest BCUT2D eigenvalue weighted by molar-refractivity contribution is 7.89. The molecule has 1 aromatic rings. The quantitative estimate of drug-likeness (QED) is 0.787. The molecule has 1 fully saturated rings. The first kappa shape index (κ1) is 20.9. The fourth-order valence-electron chi connectivity index (χ4n) is 3.61. The summed E-state index contributed by atoms with van der Waals surface area (Å²) < 4.78 is 28.4. The molecule has 2 rings (SSSR count). The molecule has 1 aliphatic carbocycles. The number of sulfonamides is 1. The zero-order valence-corrected chi connectivity index (χ0v) is 17.1. The predicted octanol–water partition coefficient (Wildman–Crippen LogP) is 2.32. The van der Waals surface area contributed by atoms with E-state index in [1.54, 1.807) is 26.2 Å². The van der Waals surface area contributed by atoms with Gasteiger partial charge in [-0.1, -0.05) is 32.3 Å². The van der Waals surface area contributed by atoms with Crippen LogP contribution >= 0.6 is 0 Å². The summed E-state index contributed by atoms with van der Waals surface area (Å²) in [5.74, 6) is -0.212. The monoisotopic (exact) mass is 381 g/mol. The summed E-state index contributed by atoms with van der Waals surface area (Å²) in [5.41, 5.74) is 0.243. The third-order valence-electron chi connectivity index (χ3n) is 5.46. The van der Waals surface area contributed by atoms with Crippen LogP contribution in [0.15, 0.2) is 29.2 Å². The van der Waals surface area contributed by atoms with Gasteiger partial charge in [0.1, 0.15) is 0 Å². The van der Waals surface area contributed by atoms with E-state index in [4.69, 9.17) is 0 Å². The van der Waals surface area contributed by atoms with Crippen molar-refractivity contribution in [2.75, 3.05) is 34.2 Å². The molecular formula is C19H31N3O3S. The van der Waals surface area contributed by atoms with E-state index in [9.17, 15) is 13.2 Å². The number of likely N-dealkylation sites (N-methyl/N-ethyl adjacent to an activating group) is 1. The molecule has 0 radical (unpaired) electrons. The Kier molecular flexibility index (Phi) is 6.82. The molecule has 26 heavy (non-hydrogen) atoms. The summed E-state index contributed by atoms with van der Waals surface area (Å²) in [7, 11) is 1.69. The molecule has 1 amide bonds. The van der Waals surface area contributed by atoms with Crippen LogP contribution in [0.4, 0.5) is 0 Å². The summed E-state index contributed by atoms with van der Waals surface area (Å²) in [4.78, 5) is 15.9. The van der Waals surface area contributed by atoms with Crippen molar-refractivity contribution >= 4 is 15.9 Å². The van der Waals surface area contributed by atoms with Crippen LogP contribution in [0.2, 0.25) is 0 Å². The summed E-state index contributed by atoms with van der Waals surface area (Å²) in [5, 5.41) is 0. The van der Waals surface area contributed by atoms with E-state index in [2.05, 4.69) is 23.6 Å². The first-order chi connectivity index (χ1) is 12.2. The number of nitrogens with one attached hydrogen (secondary N) is 1. The molecule has 1 saturated carbocycles. The van der Waals surface area contributed by atoms with Crippen molar-refractivity contribution < 1.29 is 13.2 Å². The Bertz CT molecular complexity index is 725. The molecule has 146 valence electrons. The van der Waals surface area contributed by atoms with Gasteiger partial charge in [-0.2, -0.15) is 0 Å². The Labute approximate surface area is 157 Å². The van der Waals surface area contributed by atoms with Crippen LogP contribution in [0.3, 0.4) is 0 Å². The lowest BCUT2D eigenvalue weighted by molar-refractivity contribution is 0.0827. The minimum atomic E-state index is -3.67. The van der Waals surface area contributed by atoms with Gasteiger partial charge >= 0.3 is 0 Å². The lowest BCUT2D eigenvalue weighted by atomic mass is 9.80. The summed E-state index contributed by atoms with van der Waals surface area (Å²) in [6, 6.07) is 6.22. The number of hydrogen-bond donors (Lipinski definition) is 1. The molecule has 0 saturated heterocycles. The maximum absolute atomic E-state index is 12.8. The summed E-state index contributed by atoms with van der Waals surface area (Å²) >= 11 is 0. The highest BCUT2D eigenvalue weighted by Crippen LogP contribution is 2.32. The second kappa shape index (κ2) is 8.50. The minimum absolute atomic E-state index is 0.128. The second-order valence-corrected chi connectivity index (χ2v) is 9.12. The van der Waals surface area contributed by atoms with Crippen LogP contribution in [0, 0.1) is 0 Å². The number of nitrogens with zero attached hydrogens (tertiary/aromatic N) is 2. The van der Waals surface area contributed by atoms with Crippen molar-refractivity contribution in [3.63, 3.8) is 0 Å². The standard InChI is InChI=1S/C19H31N3O3S/c1-5-22(4)19(12-7-6-8-13-19)15-20-26(24,25)17-11-9-10-16(14-17)18(23)21(2)3/h9-11,14,20H,5-8,12-13,15H2,1-4H3. The van der Waals surface area contributed by atoms with Gasteiger partial charge < -0.3 is 4.90 Å². The molecular weight excluding hydrogens is 350 g/mol. The van der Waals surface area contributed by atoms with Crippen molar-refractivity contribution in [3.05, 3.63) is 29.8 Å². The number of carbonyl (C=O) groups excluding carboxylic acids is 1. The number of amides is 1. The zero-order chi connectivity index (χ0) is 19.4. The smallest absolute Gasteiger partial charge is 0.253 e. The Morgan fingerprint density at radius 1 is 1.15 bits per heavy atom. The molecule has 0 atom stereocenters. The maximum atomic E-state index is 12.8. The van der Waals surface area contributed by atoms with E-state index in [0.29, 0.717) is 12.1 Å². The fourth-order valence-corrected chi connectivity index (χ4v) is 4.77. The van der Waals surface area contributed by atoms with Crippen LogP contribution in [0.5, 0.6) is 0 Å². The highest BCUT2D eigenvalue weighted by atomic mass is 32.2. The largest absolute Gasteiger partial charge is 0.345 e. The third kappa shape index (κ3) is 4.64. The fraction of sp³-hybridized carbons (Fsp3) is 0.632. The van der Waals surface area contributed by atoms with E-state index in [1.807, 2.05) is 0 Å². The number of hydrogen-bond acceptors (Lipinski definition) is 4. The molecule has 0 spiro atoms. The molecule has 0 aliphatic heterocycles. The van der Waals surface area contributed by atoms with Gasteiger partial charge in [0.05, 0.1) is 4.90 Å². The van der Waals surface area contributed by atoms with Gasteiger partial charge in [0, 0.05) is 31.7 Å². The topological polar surface area (TPSA) is 69.7 Å². The van der Waals surface area contributed by atoms with E-state index < -0.39 is 10.0 Å². The van der Waals surface area contributed by atoms with Gasteiger partial charge in [-0.05, 0) is 44.6 Å². The number of carbonyl (C=O) groups is 1. The predicted molar refractivity (Wildman–Crippen MR) is 104 cm³/mol. The van der Waals surface area contributed by atoms with Crippen LogP contribution in [0.1, 0.15) is 49.4 Å². The molecule has 0 heterocycles. The Morgan fingerprint density at radius 2 is 1.81 bits per heavy atom. The molecule has 7 heteroatoms. The first-order valence-corrected chi connectivity index (χ1v) is 10.7. The van der Waals surface area contributed by atoms with Crippen molar-refractivity contribution in [3.8, 4) is 0 Å². The van der Waals surface area contributed by atoms with E-state index in [0.717, 1.165) is 32.2 Å². The Hall–Kier alpha value is -1.44. The maximum Gasteiger partial charge on any atom is 0.253 e. The van der Waals surface area contributed by atoms with Gasteiger partial charge in [-0.3, -0.25) is 9.69 Å². The SMILES string of the molecule is CCN(C)C1(CNS(=O)(=O)c2cccc(C(=O)N(C)C)c2)CCCCC1. The van der Waals surface area contributed by atoms with Crippen LogP contribution in [-0.4, -0.2) is 63.9 Å². The normalized spacial score (nSPS) is 17.3. The molecule has 0 aromatic heterocycles. The number of benzene rings is 1. The first-order valence-electron chi connectivity index (χ1n) is 9.24. The van der Waals surface area contributed by atoms with E-state index >= 15 is 0 Å². The zero-order valence-electron chi connectivity index (χ0n) is 16.3. The molecule has 1 aliphatic rings. The molecule has 1 N–H and O–H groups in total. The van der Waals surface area contributed by atoms with Crippen molar-refractivity contribution in [2.24, 2.45) is 0 Å². The Balaban J connectivity index is 2.20. The van der Waals surface area contributed by atoms with Crippen LogP contribution < -0.4 is 4.72 Å². The molecule has 6 nitrogen and oxygen atoms in total. The number of rotatable bonds is 7. The second-order valence-electron chi connectivity index (χ2n) is 7.35. The van der Waals surface area contributed by atoms with Crippen molar-refractivity contribution in [2.45, 2.75) is 49.5 Å². The van der Waals surface area contributed by atoms with Crippen LogP contribution in [0.25, 0.3) is 0 Å². The van der Waals surface area contributed by atoms with Gasteiger partial charge in [-0.25, -0.2) is 13.1 Å². The molecule has 0 bridgehead atoms. The van der Waals surface area contributed by atoms with Gasteiger partial charge in [0.25, 0.3) is 5.91 Å². The lowest BCUT2D eigenvalue weighted by Gasteiger charge is -2.44. The minimum Gasteiger partial charge on any atom is -0.345 e. The molecule has 0 unspecified atom stereocenters. The average Bonchev–Trinajstić information content (AvgIpc) is 2.66. The lowest BCUT2D eigenvalue weighted by Crippen LogP contribution is -2.55. The average molecular weight is 382 g/mol.